The van der Waals surface area contributed by atoms with Gasteiger partial charge in [0.25, 0.3) is 0 Å². The van der Waals surface area contributed by atoms with Crippen molar-refractivity contribution >= 4 is 23.0 Å². The maximum absolute atomic E-state index is 13.5. The predicted molar refractivity (Wildman–Crippen MR) is 83.6 cm³/mol. The van der Waals surface area contributed by atoms with Crippen molar-refractivity contribution in [2.24, 2.45) is 0 Å². The molecule has 0 saturated heterocycles. The molecule has 2 rings (SSSR count). The molecule has 0 atom stereocenters. The molecule has 0 heterocycles. The molecular formula is C16H18ClFN2. The van der Waals surface area contributed by atoms with E-state index in [2.05, 4.69) is 11.8 Å². The van der Waals surface area contributed by atoms with E-state index in [1.807, 2.05) is 30.3 Å². The lowest BCUT2D eigenvalue weighted by Crippen LogP contribution is -2.23. The second-order valence-corrected chi connectivity index (χ2v) is 5.17. The maximum atomic E-state index is 13.5. The van der Waals surface area contributed by atoms with Gasteiger partial charge in [-0.25, -0.2) is 4.39 Å². The Morgan fingerprint density at radius 1 is 1.20 bits per heavy atom. The summed E-state index contributed by atoms with van der Waals surface area (Å²) in [7, 11) is 0. The zero-order valence-corrected chi connectivity index (χ0v) is 12.2. The van der Waals surface area contributed by atoms with E-state index in [1.165, 1.54) is 6.07 Å². The fourth-order valence-corrected chi connectivity index (χ4v) is 2.27. The average molecular weight is 293 g/mol. The maximum Gasteiger partial charge on any atom is 0.142 e. The summed E-state index contributed by atoms with van der Waals surface area (Å²) in [5, 5.41) is 0.153. The van der Waals surface area contributed by atoms with Gasteiger partial charge in [0.1, 0.15) is 5.82 Å². The molecule has 106 valence electrons. The summed E-state index contributed by atoms with van der Waals surface area (Å²) in [4.78, 5) is 2.18. The van der Waals surface area contributed by atoms with Crippen molar-refractivity contribution < 1.29 is 4.39 Å². The molecule has 2 aromatic carbocycles. The molecule has 0 amide bonds. The fourth-order valence-electron chi connectivity index (χ4n) is 2.15. The molecule has 0 saturated carbocycles. The van der Waals surface area contributed by atoms with E-state index in [4.69, 9.17) is 17.3 Å². The van der Waals surface area contributed by atoms with Gasteiger partial charge in [-0.3, -0.25) is 0 Å². The van der Waals surface area contributed by atoms with Crippen LogP contribution in [0.3, 0.4) is 0 Å². The third-order valence-electron chi connectivity index (χ3n) is 3.09. The van der Waals surface area contributed by atoms with E-state index in [0.29, 0.717) is 6.54 Å². The van der Waals surface area contributed by atoms with Crippen molar-refractivity contribution in [3.05, 3.63) is 58.9 Å². The van der Waals surface area contributed by atoms with E-state index >= 15 is 0 Å². The van der Waals surface area contributed by atoms with Crippen LogP contribution in [-0.2, 0) is 6.54 Å². The molecule has 0 bridgehead atoms. The second-order valence-electron chi connectivity index (χ2n) is 4.77. The SMILES string of the molecule is CCCN(Cc1ccc(Cl)c(F)c1)c1cccc(N)c1. The first kappa shape index (κ1) is 14.7. The fraction of sp³-hybridized carbons (Fsp3) is 0.250. The lowest BCUT2D eigenvalue weighted by molar-refractivity contribution is 0.624. The van der Waals surface area contributed by atoms with Crippen LogP contribution in [0.5, 0.6) is 0 Å². The van der Waals surface area contributed by atoms with E-state index in [-0.39, 0.29) is 10.8 Å². The zero-order chi connectivity index (χ0) is 14.5. The molecule has 0 unspecified atom stereocenters. The summed E-state index contributed by atoms with van der Waals surface area (Å²) in [5.74, 6) is -0.381. The summed E-state index contributed by atoms with van der Waals surface area (Å²) in [5.41, 5.74) is 8.49. The monoisotopic (exact) mass is 292 g/mol. The Labute approximate surface area is 124 Å². The molecule has 4 heteroatoms. The molecule has 0 fully saturated rings. The van der Waals surface area contributed by atoms with Gasteiger partial charge in [-0.15, -0.1) is 0 Å². The van der Waals surface area contributed by atoms with Gasteiger partial charge in [0.2, 0.25) is 0 Å². The van der Waals surface area contributed by atoms with Gasteiger partial charge in [-0.05, 0) is 42.3 Å². The van der Waals surface area contributed by atoms with E-state index in [1.54, 1.807) is 6.07 Å². The zero-order valence-electron chi connectivity index (χ0n) is 11.4. The normalized spacial score (nSPS) is 10.6. The van der Waals surface area contributed by atoms with Crippen LogP contribution in [0.1, 0.15) is 18.9 Å². The van der Waals surface area contributed by atoms with Crippen LogP contribution < -0.4 is 10.6 Å². The summed E-state index contributed by atoms with van der Waals surface area (Å²) in [6, 6.07) is 12.7. The van der Waals surface area contributed by atoms with Gasteiger partial charge < -0.3 is 10.6 Å². The van der Waals surface area contributed by atoms with Gasteiger partial charge in [0, 0.05) is 24.5 Å². The smallest absolute Gasteiger partial charge is 0.142 e. The number of nitrogens with two attached hydrogens (primary N) is 1. The molecule has 0 aliphatic carbocycles. The van der Waals surface area contributed by atoms with E-state index in [9.17, 15) is 4.39 Å². The second kappa shape index (κ2) is 6.62. The highest BCUT2D eigenvalue weighted by Crippen LogP contribution is 2.22. The van der Waals surface area contributed by atoms with Crippen LogP contribution in [0.2, 0.25) is 5.02 Å². The molecule has 0 radical (unpaired) electrons. The van der Waals surface area contributed by atoms with Crippen molar-refractivity contribution in [2.45, 2.75) is 19.9 Å². The Kier molecular flexibility index (Phi) is 4.85. The van der Waals surface area contributed by atoms with Crippen LogP contribution in [0.4, 0.5) is 15.8 Å². The Morgan fingerprint density at radius 3 is 2.65 bits per heavy atom. The molecule has 0 aliphatic rings. The van der Waals surface area contributed by atoms with Gasteiger partial charge in [-0.2, -0.15) is 0 Å². The third-order valence-corrected chi connectivity index (χ3v) is 3.39. The first-order valence-corrected chi connectivity index (χ1v) is 7.02. The minimum absolute atomic E-state index is 0.153. The molecule has 0 aliphatic heterocycles. The van der Waals surface area contributed by atoms with E-state index in [0.717, 1.165) is 29.9 Å². The highest BCUT2D eigenvalue weighted by atomic mass is 35.5. The highest BCUT2D eigenvalue weighted by molar-refractivity contribution is 6.30. The molecule has 2 aromatic rings. The number of rotatable bonds is 5. The van der Waals surface area contributed by atoms with Crippen LogP contribution in [0.15, 0.2) is 42.5 Å². The first-order valence-electron chi connectivity index (χ1n) is 6.64. The number of benzene rings is 2. The average Bonchev–Trinajstić information content (AvgIpc) is 2.42. The van der Waals surface area contributed by atoms with Crippen LogP contribution >= 0.6 is 11.6 Å². The Morgan fingerprint density at radius 2 is 2.00 bits per heavy atom. The molecule has 2 N–H and O–H groups in total. The van der Waals surface area contributed by atoms with Crippen LogP contribution in [-0.4, -0.2) is 6.54 Å². The summed E-state index contributed by atoms with van der Waals surface area (Å²) in [6.07, 6.45) is 1.00. The number of hydrogen-bond acceptors (Lipinski definition) is 2. The quantitative estimate of drug-likeness (QED) is 0.823. The number of hydrogen-bond donors (Lipinski definition) is 1. The van der Waals surface area contributed by atoms with Gasteiger partial charge in [-0.1, -0.05) is 30.7 Å². The summed E-state index contributed by atoms with van der Waals surface area (Å²) < 4.78 is 13.5. The molecule has 20 heavy (non-hydrogen) atoms. The highest BCUT2D eigenvalue weighted by Gasteiger charge is 2.08. The van der Waals surface area contributed by atoms with Crippen molar-refractivity contribution in [3.63, 3.8) is 0 Å². The summed E-state index contributed by atoms with van der Waals surface area (Å²) >= 11 is 5.71. The number of nitrogens with zero attached hydrogens (tertiary/aromatic N) is 1. The lowest BCUT2D eigenvalue weighted by Gasteiger charge is -2.25. The van der Waals surface area contributed by atoms with Crippen molar-refractivity contribution in [1.29, 1.82) is 0 Å². The number of halogens is 2. The minimum atomic E-state index is -0.381. The molecule has 2 nitrogen and oxygen atoms in total. The molecule has 0 spiro atoms. The lowest BCUT2D eigenvalue weighted by atomic mass is 10.1. The topological polar surface area (TPSA) is 29.3 Å². The molecule has 0 aromatic heterocycles. The van der Waals surface area contributed by atoms with Gasteiger partial charge >= 0.3 is 0 Å². The van der Waals surface area contributed by atoms with Gasteiger partial charge in [0.05, 0.1) is 5.02 Å². The Hall–Kier alpha value is -1.74. The van der Waals surface area contributed by atoms with Crippen LogP contribution in [0.25, 0.3) is 0 Å². The third kappa shape index (κ3) is 3.64. The minimum Gasteiger partial charge on any atom is -0.399 e. The number of nitrogen functional groups attached to an aromatic ring is 1. The van der Waals surface area contributed by atoms with Crippen LogP contribution in [0, 0.1) is 5.82 Å². The Bertz CT molecular complexity index is 586. The van der Waals surface area contributed by atoms with E-state index < -0.39 is 0 Å². The van der Waals surface area contributed by atoms with Gasteiger partial charge in [0.15, 0.2) is 0 Å². The largest absolute Gasteiger partial charge is 0.399 e. The predicted octanol–water partition coefficient (Wildman–Crippen LogP) is 4.48. The summed E-state index contributed by atoms with van der Waals surface area (Å²) in [6.45, 7) is 3.63. The first-order chi connectivity index (χ1) is 9.60. The van der Waals surface area contributed by atoms with Crippen molar-refractivity contribution in [3.8, 4) is 0 Å². The van der Waals surface area contributed by atoms with Crippen molar-refractivity contribution in [2.75, 3.05) is 17.2 Å². The number of anilines is 2. The molecular weight excluding hydrogens is 275 g/mol. The van der Waals surface area contributed by atoms with Crippen molar-refractivity contribution in [1.82, 2.24) is 0 Å². The standard InChI is InChI=1S/C16H18ClFN2/c1-2-8-20(14-5-3-4-13(19)10-14)11-12-6-7-15(17)16(18)9-12/h3-7,9-10H,2,8,11,19H2,1H3. The Balaban J connectivity index is 2.22.